The molecule has 2 aliphatic rings. The number of β-lactam (4-membered cyclic amide) rings is 1. The first-order chi connectivity index (χ1) is 14.9. The Hall–Kier alpha value is -2.77. The van der Waals surface area contributed by atoms with Gasteiger partial charge in [0.15, 0.2) is 0 Å². The van der Waals surface area contributed by atoms with Crippen molar-refractivity contribution in [3.63, 3.8) is 0 Å². The van der Waals surface area contributed by atoms with Crippen molar-refractivity contribution in [1.82, 2.24) is 20.4 Å². The Morgan fingerprint density at radius 1 is 1.32 bits per heavy atom. The van der Waals surface area contributed by atoms with Crippen molar-refractivity contribution in [3.8, 4) is 0 Å². The lowest BCUT2D eigenvalue weighted by Crippen LogP contribution is -2.70. The van der Waals surface area contributed by atoms with Gasteiger partial charge in [-0.05, 0) is 11.4 Å². The van der Waals surface area contributed by atoms with Gasteiger partial charge in [-0.1, -0.05) is 17.4 Å². The van der Waals surface area contributed by atoms with Gasteiger partial charge in [0.25, 0.3) is 5.91 Å². The second-order valence-corrected chi connectivity index (χ2v) is 9.74. The third kappa shape index (κ3) is 4.20. The maximum atomic E-state index is 12.9. The first kappa shape index (κ1) is 21.5. The minimum Gasteiger partial charge on any atom is -0.464 e. The molecule has 0 aliphatic carbocycles. The summed E-state index contributed by atoms with van der Waals surface area (Å²) in [7, 11) is 1.23. The summed E-state index contributed by atoms with van der Waals surface area (Å²) in [6.45, 7) is 1.35. The number of carbonyl (C=O) groups is 4. The van der Waals surface area contributed by atoms with Crippen molar-refractivity contribution in [2.24, 2.45) is 0 Å². The molecule has 0 aromatic carbocycles. The van der Waals surface area contributed by atoms with Crippen LogP contribution in [0.3, 0.4) is 0 Å². The molecule has 4 heterocycles. The molecule has 2 aliphatic heterocycles. The standard InChI is InChI=1S/C18H17N5O5S3/c1-8(24)19-18-22-21-14(31-18)10-7-30-16-12(15(26)23(16)13(10)17(27)28-2)20-11(25)6-9-4-3-5-29-9/h3-5,12,16H,6-7H2,1-2H3,(H,20,25)(H,19,22,24)/t12?,16-/m1/s1. The molecule has 0 spiro atoms. The average molecular weight is 480 g/mol. The number of rotatable bonds is 6. The van der Waals surface area contributed by atoms with E-state index in [2.05, 4.69) is 20.8 Å². The predicted molar refractivity (Wildman–Crippen MR) is 116 cm³/mol. The zero-order valence-corrected chi connectivity index (χ0v) is 18.9. The fraction of sp³-hybridized carbons (Fsp3) is 0.333. The number of fused-ring (bicyclic) bond motifs is 1. The monoisotopic (exact) mass is 479 g/mol. The van der Waals surface area contributed by atoms with Gasteiger partial charge in [-0.2, -0.15) is 0 Å². The van der Waals surface area contributed by atoms with Crippen LogP contribution in [0.1, 0.15) is 16.8 Å². The molecule has 162 valence electrons. The van der Waals surface area contributed by atoms with E-state index in [1.807, 2.05) is 17.5 Å². The normalized spacial score (nSPS) is 20.1. The molecule has 0 radical (unpaired) electrons. The number of esters is 1. The Morgan fingerprint density at radius 2 is 2.13 bits per heavy atom. The van der Waals surface area contributed by atoms with E-state index in [0.717, 1.165) is 16.2 Å². The molecule has 1 unspecified atom stereocenters. The summed E-state index contributed by atoms with van der Waals surface area (Å²) in [4.78, 5) is 51.2. The summed E-state index contributed by atoms with van der Waals surface area (Å²) in [6, 6.07) is 3.00. The van der Waals surface area contributed by atoms with Crippen LogP contribution in [0.25, 0.3) is 5.57 Å². The molecule has 10 nitrogen and oxygen atoms in total. The summed E-state index contributed by atoms with van der Waals surface area (Å²) in [5.41, 5.74) is 0.587. The SMILES string of the molecule is COC(=O)C1=C(c2nnc(NC(C)=O)s2)CS[C@@H]2C(NC(=O)Cc3cccs3)C(=O)N12. The maximum Gasteiger partial charge on any atom is 0.355 e. The summed E-state index contributed by atoms with van der Waals surface area (Å²) in [5, 5.41) is 15.4. The fourth-order valence-corrected chi connectivity index (χ4v) is 6.19. The topological polar surface area (TPSA) is 131 Å². The van der Waals surface area contributed by atoms with Gasteiger partial charge in [0.2, 0.25) is 16.9 Å². The molecule has 1 saturated heterocycles. The van der Waals surface area contributed by atoms with Gasteiger partial charge < -0.3 is 15.4 Å². The van der Waals surface area contributed by atoms with Crippen LogP contribution in [-0.4, -0.2) is 63.1 Å². The number of thiophene rings is 1. The van der Waals surface area contributed by atoms with Crippen molar-refractivity contribution < 1.29 is 23.9 Å². The summed E-state index contributed by atoms with van der Waals surface area (Å²) in [5.74, 6) is -1.23. The van der Waals surface area contributed by atoms with Crippen molar-refractivity contribution >= 4 is 68.8 Å². The van der Waals surface area contributed by atoms with Gasteiger partial charge in [0.1, 0.15) is 22.1 Å². The molecule has 2 aromatic heterocycles. The van der Waals surface area contributed by atoms with E-state index >= 15 is 0 Å². The van der Waals surface area contributed by atoms with E-state index in [9.17, 15) is 19.2 Å². The highest BCUT2D eigenvalue weighted by Crippen LogP contribution is 2.44. The number of methoxy groups -OCH3 is 1. The molecular formula is C18H17N5O5S3. The second kappa shape index (κ2) is 8.77. The van der Waals surface area contributed by atoms with Crippen molar-refractivity contribution in [2.75, 3.05) is 18.2 Å². The maximum absolute atomic E-state index is 12.9. The van der Waals surface area contributed by atoms with Crippen molar-refractivity contribution in [2.45, 2.75) is 24.8 Å². The lowest BCUT2D eigenvalue weighted by Gasteiger charge is -2.49. The number of aromatic nitrogens is 2. The van der Waals surface area contributed by atoms with Crippen LogP contribution in [0.4, 0.5) is 5.13 Å². The van der Waals surface area contributed by atoms with Crippen LogP contribution in [0.2, 0.25) is 0 Å². The van der Waals surface area contributed by atoms with E-state index < -0.39 is 17.4 Å². The number of thioether (sulfide) groups is 1. The zero-order chi connectivity index (χ0) is 22.1. The van der Waals surface area contributed by atoms with E-state index in [1.54, 1.807) is 0 Å². The number of carbonyl (C=O) groups excluding carboxylic acids is 4. The number of hydrogen-bond acceptors (Lipinski definition) is 10. The molecular weight excluding hydrogens is 462 g/mol. The molecule has 3 amide bonds. The lowest BCUT2D eigenvalue weighted by atomic mass is 10.0. The highest BCUT2D eigenvalue weighted by atomic mass is 32.2. The Bertz CT molecular complexity index is 1080. The van der Waals surface area contributed by atoms with Gasteiger partial charge in [-0.25, -0.2) is 4.79 Å². The number of anilines is 1. The van der Waals surface area contributed by atoms with E-state index in [-0.39, 0.29) is 29.8 Å². The molecule has 13 heteroatoms. The summed E-state index contributed by atoms with van der Waals surface area (Å²) in [6.07, 6.45) is 0.195. The van der Waals surface area contributed by atoms with Crippen molar-refractivity contribution in [3.05, 3.63) is 33.1 Å². The van der Waals surface area contributed by atoms with E-state index in [4.69, 9.17) is 4.74 Å². The number of nitrogens with one attached hydrogen (secondary N) is 2. The van der Waals surface area contributed by atoms with Crippen LogP contribution in [0.15, 0.2) is 23.2 Å². The van der Waals surface area contributed by atoms with Crippen LogP contribution in [0.5, 0.6) is 0 Å². The third-order valence-corrected chi connectivity index (χ3v) is 7.60. The minimum atomic E-state index is -0.719. The van der Waals surface area contributed by atoms with Gasteiger partial charge in [-0.15, -0.1) is 33.3 Å². The van der Waals surface area contributed by atoms with Gasteiger partial charge in [-0.3, -0.25) is 19.3 Å². The molecule has 2 aromatic rings. The quantitative estimate of drug-likeness (QED) is 0.465. The zero-order valence-electron chi connectivity index (χ0n) is 16.4. The van der Waals surface area contributed by atoms with Crippen LogP contribution in [0, 0.1) is 0 Å². The summed E-state index contributed by atoms with van der Waals surface area (Å²) >= 11 is 3.98. The number of nitrogens with zero attached hydrogens (tertiary/aromatic N) is 3. The van der Waals surface area contributed by atoms with E-state index in [0.29, 0.717) is 21.5 Å². The molecule has 4 rings (SSSR count). The van der Waals surface area contributed by atoms with Crippen LogP contribution < -0.4 is 10.6 Å². The highest BCUT2D eigenvalue weighted by Gasteiger charge is 2.54. The Labute approximate surface area is 189 Å². The fourth-order valence-electron chi connectivity index (χ4n) is 3.21. The molecule has 0 saturated carbocycles. The van der Waals surface area contributed by atoms with E-state index in [1.165, 1.54) is 42.0 Å². The Morgan fingerprint density at radius 3 is 2.81 bits per heavy atom. The number of amides is 3. The van der Waals surface area contributed by atoms with Gasteiger partial charge in [0.05, 0.1) is 13.5 Å². The third-order valence-electron chi connectivity index (χ3n) is 4.54. The summed E-state index contributed by atoms with van der Waals surface area (Å²) < 4.78 is 4.90. The predicted octanol–water partition coefficient (Wildman–Crippen LogP) is 1.08. The average Bonchev–Trinajstić information content (AvgIpc) is 3.42. The highest BCUT2D eigenvalue weighted by molar-refractivity contribution is 8.00. The molecule has 0 bridgehead atoms. The smallest absolute Gasteiger partial charge is 0.355 e. The molecule has 2 N–H and O–H groups in total. The number of hydrogen-bond donors (Lipinski definition) is 2. The molecule has 31 heavy (non-hydrogen) atoms. The molecule has 2 atom stereocenters. The second-order valence-electron chi connectivity index (χ2n) is 6.62. The Kier molecular flexibility index (Phi) is 6.07. The minimum absolute atomic E-state index is 0.0885. The first-order valence-corrected chi connectivity index (χ1v) is 11.8. The Balaban J connectivity index is 1.55. The molecule has 1 fully saturated rings. The number of ether oxygens (including phenoxy) is 1. The van der Waals surface area contributed by atoms with Crippen LogP contribution in [-0.2, 0) is 30.3 Å². The van der Waals surface area contributed by atoms with Gasteiger partial charge >= 0.3 is 5.97 Å². The largest absolute Gasteiger partial charge is 0.464 e. The lowest BCUT2D eigenvalue weighted by molar-refractivity contribution is -0.151. The van der Waals surface area contributed by atoms with Gasteiger partial charge in [0, 0.05) is 23.1 Å². The van der Waals surface area contributed by atoms with Crippen LogP contribution >= 0.6 is 34.4 Å². The van der Waals surface area contributed by atoms with Crippen molar-refractivity contribution in [1.29, 1.82) is 0 Å². The first-order valence-electron chi connectivity index (χ1n) is 9.08.